The Balaban J connectivity index is 1.99. The SMILES string of the molecule is COc1ccc([N+](=O)[O-])cc1OCC(=O)N1CCC(C)CC1. The van der Waals surface area contributed by atoms with E-state index in [0.29, 0.717) is 11.7 Å². The molecular formula is C15H20N2O5. The van der Waals surface area contributed by atoms with Crippen LogP contribution >= 0.6 is 0 Å². The summed E-state index contributed by atoms with van der Waals surface area (Å²) in [4.78, 5) is 24.2. The minimum absolute atomic E-state index is 0.102. The zero-order valence-electron chi connectivity index (χ0n) is 12.8. The van der Waals surface area contributed by atoms with Crippen LogP contribution in [0.4, 0.5) is 5.69 Å². The van der Waals surface area contributed by atoms with Crippen molar-refractivity contribution in [2.24, 2.45) is 5.92 Å². The molecule has 7 heteroatoms. The average molecular weight is 308 g/mol. The summed E-state index contributed by atoms with van der Waals surface area (Å²) < 4.78 is 10.5. The quantitative estimate of drug-likeness (QED) is 0.615. The van der Waals surface area contributed by atoms with Gasteiger partial charge in [0.1, 0.15) is 0 Å². The second kappa shape index (κ2) is 7.11. The van der Waals surface area contributed by atoms with Crippen LogP contribution in [0.1, 0.15) is 19.8 Å². The van der Waals surface area contributed by atoms with Gasteiger partial charge in [-0.3, -0.25) is 14.9 Å². The number of piperidine rings is 1. The first-order chi connectivity index (χ1) is 10.5. The second-order valence-corrected chi connectivity index (χ2v) is 5.44. The fraction of sp³-hybridized carbons (Fsp3) is 0.533. The molecule has 7 nitrogen and oxygen atoms in total. The van der Waals surface area contributed by atoms with Gasteiger partial charge in [0.25, 0.3) is 11.6 Å². The van der Waals surface area contributed by atoms with Gasteiger partial charge in [-0.1, -0.05) is 6.92 Å². The van der Waals surface area contributed by atoms with E-state index in [9.17, 15) is 14.9 Å². The lowest BCUT2D eigenvalue weighted by Crippen LogP contribution is -2.40. The molecule has 0 aromatic heterocycles. The number of carbonyl (C=O) groups excluding carboxylic acids is 1. The third-order valence-electron chi connectivity index (χ3n) is 3.85. The van der Waals surface area contributed by atoms with Gasteiger partial charge in [-0.15, -0.1) is 0 Å². The molecule has 0 atom stereocenters. The molecule has 0 saturated carbocycles. The van der Waals surface area contributed by atoms with Gasteiger partial charge in [0.05, 0.1) is 18.1 Å². The molecule has 0 bridgehead atoms. The number of hydrogen-bond donors (Lipinski definition) is 0. The van der Waals surface area contributed by atoms with E-state index < -0.39 is 4.92 Å². The number of non-ortho nitro benzene ring substituents is 1. The monoisotopic (exact) mass is 308 g/mol. The van der Waals surface area contributed by atoms with Gasteiger partial charge < -0.3 is 14.4 Å². The number of benzene rings is 1. The molecular weight excluding hydrogens is 288 g/mol. The Morgan fingerprint density at radius 1 is 1.36 bits per heavy atom. The van der Waals surface area contributed by atoms with Crippen molar-refractivity contribution in [2.75, 3.05) is 26.8 Å². The fourth-order valence-electron chi connectivity index (χ4n) is 2.38. The van der Waals surface area contributed by atoms with Crippen LogP contribution in [0, 0.1) is 16.0 Å². The molecule has 1 heterocycles. The number of rotatable bonds is 5. The molecule has 120 valence electrons. The average Bonchev–Trinajstić information content (AvgIpc) is 2.52. The maximum Gasteiger partial charge on any atom is 0.273 e. The summed E-state index contributed by atoms with van der Waals surface area (Å²) in [7, 11) is 1.45. The first-order valence-electron chi connectivity index (χ1n) is 7.24. The van der Waals surface area contributed by atoms with Crippen molar-refractivity contribution < 1.29 is 19.2 Å². The highest BCUT2D eigenvalue weighted by molar-refractivity contribution is 5.78. The van der Waals surface area contributed by atoms with Gasteiger partial charge in [0, 0.05) is 19.2 Å². The fourth-order valence-corrected chi connectivity index (χ4v) is 2.38. The van der Waals surface area contributed by atoms with E-state index in [0.717, 1.165) is 25.9 Å². The van der Waals surface area contributed by atoms with Crippen LogP contribution in [0.2, 0.25) is 0 Å². The van der Waals surface area contributed by atoms with Crippen molar-refractivity contribution in [2.45, 2.75) is 19.8 Å². The highest BCUT2D eigenvalue weighted by Gasteiger charge is 2.21. The van der Waals surface area contributed by atoms with Crippen LogP contribution in [0.3, 0.4) is 0 Å². The van der Waals surface area contributed by atoms with E-state index in [-0.39, 0.29) is 24.0 Å². The van der Waals surface area contributed by atoms with E-state index in [4.69, 9.17) is 9.47 Å². The number of hydrogen-bond acceptors (Lipinski definition) is 5. The van der Waals surface area contributed by atoms with Crippen LogP contribution in [0.5, 0.6) is 11.5 Å². The first kappa shape index (κ1) is 16.1. The van der Waals surface area contributed by atoms with Crippen LogP contribution in [-0.2, 0) is 4.79 Å². The van der Waals surface area contributed by atoms with Crippen LogP contribution in [0.25, 0.3) is 0 Å². The summed E-state index contributed by atoms with van der Waals surface area (Å²) in [5.41, 5.74) is -0.102. The number of nitro groups is 1. The molecule has 0 unspecified atom stereocenters. The summed E-state index contributed by atoms with van der Waals surface area (Å²) in [6.07, 6.45) is 1.98. The summed E-state index contributed by atoms with van der Waals surface area (Å²) in [6, 6.07) is 4.06. The van der Waals surface area contributed by atoms with Crippen molar-refractivity contribution in [1.29, 1.82) is 0 Å². The molecule has 0 aliphatic carbocycles. The third-order valence-corrected chi connectivity index (χ3v) is 3.85. The highest BCUT2D eigenvalue weighted by atomic mass is 16.6. The summed E-state index contributed by atoms with van der Waals surface area (Å²) >= 11 is 0. The minimum atomic E-state index is -0.514. The molecule has 1 aliphatic heterocycles. The van der Waals surface area contributed by atoms with Crippen LogP contribution in [0.15, 0.2) is 18.2 Å². The Bertz CT molecular complexity index is 553. The van der Waals surface area contributed by atoms with Gasteiger partial charge in [0.2, 0.25) is 0 Å². The predicted octanol–water partition coefficient (Wildman–Crippen LogP) is 2.24. The van der Waals surface area contributed by atoms with Crippen molar-refractivity contribution in [3.8, 4) is 11.5 Å². The second-order valence-electron chi connectivity index (χ2n) is 5.44. The molecule has 1 aliphatic rings. The number of amides is 1. The van der Waals surface area contributed by atoms with Crippen molar-refractivity contribution in [3.05, 3.63) is 28.3 Å². The summed E-state index contributed by atoms with van der Waals surface area (Å²) in [5.74, 6) is 1.10. The van der Waals surface area contributed by atoms with Gasteiger partial charge in [-0.05, 0) is 24.8 Å². The topological polar surface area (TPSA) is 81.9 Å². The lowest BCUT2D eigenvalue weighted by atomic mass is 9.99. The number of carbonyl (C=O) groups is 1. The van der Waals surface area contributed by atoms with Gasteiger partial charge >= 0.3 is 0 Å². The lowest BCUT2D eigenvalue weighted by molar-refractivity contribution is -0.385. The molecule has 0 N–H and O–H groups in total. The molecule has 22 heavy (non-hydrogen) atoms. The lowest BCUT2D eigenvalue weighted by Gasteiger charge is -2.30. The summed E-state index contributed by atoms with van der Waals surface area (Å²) in [6.45, 7) is 3.49. The van der Waals surface area contributed by atoms with Crippen molar-refractivity contribution in [3.63, 3.8) is 0 Å². The zero-order valence-corrected chi connectivity index (χ0v) is 12.8. The highest BCUT2D eigenvalue weighted by Crippen LogP contribution is 2.31. The van der Waals surface area contributed by atoms with Gasteiger partial charge in [-0.2, -0.15) is 0 Å². The normalized spacial score (nSPS) is 15.5. The molecule has 0 radical (unpaired) electrons. The van der Waals surface area contributed by atoms with E-state index in [1.165, 1.54) is 25.3 Å². The smallest absolute Gasteiger partial charge is 0.273 e. The molecule has 1 fully saturated rings. The Morgan fingerprint density at radius 2 is 2.05 bits per heavy atom. The maximum absolute atomic E-state index is 12.1. The number of likely N-dealkylation sites (tertiary alicyclic amines) is 1. The van der Waals surface area contributed by atoms with Crippen molar-refractivity contribution in [1.82, 2.24) is 4.90 Å². The Hall–Kier alpha value is -2.31. The molecule has 1 amide bonds. The number of methoxy groups -OCH3 is 1. The number of nitrogens with zero attached hydrogens (tertiary/aromatic N) is 2. The molecule has 0 spiro atoms. The van der Waals surface area contributed by atoms with Crippen molar-refractivity contribution >= 4 is 11.6 Å². The number of nitro benzene ring substituents is 1. The van der Waals surface area contributed by atoms with E-state index >= 15 is 0 Å². The zero-order chi connectivity index (χ0) is 16.1. The maximum atomic E-state index is 12.1. The van der Waals surface area contributed by atoms with Crippen LogP contribution in [-0.4, -0.2) is 42.5 Å². The Morgan fingerprint density at radius 3 is 2.64 bits per heavy atom. The molecule has 1 aromatic rings. The van der Waals surface area contributed by atoms with Gasteiger partial charge in [0.15, 0.2) is 18.1 Å². The predicted molar refractivity (Wildman–Crippen MR) is 80.1 cm³/mol. The summed E-state index contributed by atoms with van der Waals surface area (Å²) in [5, 5.41) is 10.8. The largest absolute Gasteiger partial charge is 0.493 e. The van der Waals surface area contributed by atoms with E-state index in [2.05, 4.69) is 6.92 Å². The Kier molecular flexibility index (Phi) is 5.19. The first-order valence-corrected chi connectivity index (χ1v) is 7.24. The van der Waals surface area contributed by atoms with E-state index in [1.807, 2.05) is 0 Å². The Labute approximate surface area is 129 Å². The molecule has 1 saturated heterocycles. The minimum Gasteiger partial charge on any atom is -0.493 e. The van der Waals surface area contributed by atoms with Gasteiger partial charge in [-0.25, -0.2) is 0 Å². The van der Waals surface area contributed by atoms with Crippen LogP contribution < -0.4 is 9.47 Å². The third kappa shape index (κ3) is 3.87. The van der Waals surface area contributed by atoms with E-state index in [1.54, 1.807) is 4.90 Å². The molecule has 1 aromatic carbocycles. The molecule has 2 rings (SSSR count). The number of ether oxygens (including phenoxy) is 2. The standard InChI is InChI=1S/C15H20N2O5/c1-11-5-7-16(8-6-11)15(18)10-22-14-9-12(17(19)20)3-4-13(14)21-2/h3-4,9,11H,5-8,10H2,1-2H3.